The summed E-state index contributed by atoms with van der Waals surface area (Å²) in [6, 6.07) is 9.71. The van der Waals surface area contributed by atoms with Gasteiger partial charge in [0.1, 0.15) is 12.8 Å². The fraction of sp³-hybridized carbons (Fsp3) is 0.267. The Kier molecular flexibility index (Phi) is 4.87. The second-order valence-electron chi connectivity index (χ2n) is 4.29. The highest BCUT2D eigenvalue weighted by molar-refractivity contribution is 9.10. The first-order chi connectivity index (χ1) is 9.60. The molecule has 0 unspecified atom stereocenters. The van der Waals surface area contributed by atoms with Crippen molar-refractivity contribution in [3.05, 3.63) is 45.0 Å². The molecule has 0 spiro atoms. The lowest BCUT2D eigenvalue weighted by atomic mass is 10.1. The Morgan fingerprint density at radius 1 is 1.35 bits per heavy atom. The summed E-state index contributed by atoms with van der Waals surface area (Å²) >= 11 is 9.42. The van der Waals surface area contributed by atoms with Crippen LogP contribution in [0.2, 0.25) is 5.02 Å². The van der Waals surface area contributed by atoms with Crippen LogP contribution in [0.25, 0.3) is 11.3 Å². The number of benzene rings is 1. The van der Waals surface area contributed by atoms with E-state index in [-0.39, 0.29) is 0 Å². The third-order valence-electron chi connectivity index (χ3n) is 3.10. The SMILES string of the molecule is CCOCn1c(C)c(Br)c(C#N)c1-c1ccc(Cl)cc1. The summed E-state index contributed by atoms with van der Waals surface area (Å²) in [4.78, 5) is 0. The molecule has 0 atom stereocenters. The minimum Gasteiger partial charge on any atom is -0.361 e. The summed E-state index contributed by atoms with van der Waals surface area (Å²) in [5.74, 6) is 0. The van der Waals surface area contributed by atoms with Crippen LogP contribution in [0.4, 0.5) is 0 Å². The zero-order chi connectivity index (χ0) is 14.7. The van der Waals surface area contributed by atoms with Crippen molar-refractivity contribution in [1.82, 2.24) is 4.57 Å². The Morgan fingerprint density at radius 2 is 2.00 bits per heavy atom. The molecule has 1 heterocycles. The molecule has 1 aromatic carbocycles. The maximum Gasteiger partial charge on any atom is 0.123 e. The summed E-state index contributed by atoms with van der Waals surface area (Å²) in [5.41, 5.74) is 3.38. The molecular formula is C15H14BrClN2O. The molecule has 0 aliphatic heterocycles. The molecule has 0 amide bonds. The summed E-state index contributed by atoms with van der Waals surface area (Å²) in [7, 11) is 0. The molecule has 0 saturated carbocycles. The molecule has 5 heteroatoms. The van der Waals surface area contributed by atoms with E-state index >= 15 is 0 Å². The van der Waals surface area contributed by atoms with Crippen LogP contribution in [0.3, 0.4) is 0 Å². The van der Waals surface area contributed by atoms with Crippen molar-refractivity contribution in [2.24, 2.45) is 0 Å². The van der Waals surface area contributed by atoms with E-state index in [9.17, 15) is 5.26 Å². The number of halogens is 2. The molecule has 1 aromatic heterocycles. The van der Waals surface area contributed by atoms with E-state index in [2.05, 4.69) is 22.0 Å². The highest BCUT2D eigenvalue weighted by Crippen LogP contribution is 2.35. The van der Waals surface area contributed by atoms with Crippen LogP contribution < -0.4 is 0 Å². The molecule has 0 N–H and O–H groups in total. The predicted molar refractivity (Wildman–Crippen MR) is 83.7 cm³/mol. The van der Waals surface area contributed by atoms with Crippen molar-refractivity contribution in [3.8, 4) is 17.3 Å². The highest BCUT2D eigenvalue weighted by Gasteiger charge is 2.19. The summed E-state index contributed by atoms with van der Waals surface area (Å²) in [6.07, 6.45) is 0. The lowest BCUT2D eigenvalue weighted by molar-refractivity contribution is 0.0878. The van der Waals surface area contributed by atoms with Gasteiger partial charge >= 0.3 is 0 Å². The molecule has 20 heavy (non-hydrogen) atoms. The molecule has 2 rings (SSSR count). The normalized spacial score (nSPS) is 10.6. The quantitative estimate of drug-likeness (QED) is 0.796. The Balaban J connectivity index is 2.63. The molecule has 3 nitrogen and oxygen atoms in total. The topological polar surface area (TPSA) is 38.0 Å². The van der Waals surface area contributed by atoms with Gasteiger partial charge in [0, 0.05) is 17.3 Å². The van der Waals surface area contributed by atoms with Crippen LogP contribution in [-0.4, -0.2) is 11.2 Å². The first kappa shape index (κ1) is 15.1. The molecule has 0 saturated heterocycles. The Hall–Kier alpha value is -1.28. The zero-order valence-corrected chi connectivity index (χ0v) is 13.6. The van der Waals surface area contributed by atoms with Gasteiger partial charge in [0.05, 0.1) is 15.7 Å². The third kappa shape index (κ3) is 2.76. The average molecular weight is 354 g/mol. The van der Waals surface area contributed by atoms with Crippen molar-refractivity contribution in [2.75, 3.05) is 6.61 Å². The van der Waals surface area contributed by atoms with Crippen molar-refractivity contribution in [2.45, 2.75) is 20.6 Å². The third-order valence-corrected chi connectivity index (χ3v) is 4.33. The Labute approximate surface area is 131 Å². The van der Waals surface area contributed by atoms with Gasteiger partial charge in [-0.15, -0.1) is 0 Å². The summed E-state index contributed by atoms with van der Waals surface area (Å²) in [5, 5.41) is 10.1. The van der Waals surface area contributed by atoms with E-state index < -0.39 is 0 Å². The van der Waals surface area contributed by atoms with Gasteiger partial charge in [-0.1, -0.05) is 23.7 Å². The predicted octanol–water partition coefficient (Wildman–Crippen LogP) is 4.75. The smallest absolute Gasteiger partial charge is 0.123 e. The van der Waals surface area contributed by atoms with Crippen LogP contribution >= 0.6 is 27.5 Å². The minimum absolute atomic E-state index is 0.417. The fourth-order valence-corrected chi connectivity index (χ4v) is 2.68. The lowest BCUT2D eigenvalue weighted by Crippen LogP contribution is -2.06. The van der Waals surface area contributed by atoms with Gasteiger partial charge in [-0.2, -0.15) is 5.26 Å². The minimum atomic E-state index is 0.417. The van der Waals surface area contributed by atoms with Gasteiger partial charge in [-0.3, -0.25) is 0 Å². The van der Waals surface area contributed by atoms with E-state index in [1.54, 1.807) is 0 Å². The molecule has 0 radical (unpaired) electrons. The standard InChI is InChI=1S/C15H14BrClN2O/c1-3-20-9-19-10(2)14(16)13(8-18)15(19)11-4-6-12(17)7-5-11/h4-7H,3,9H2,1-2H3. The van der Waals surface area contributed by atoms with Crippen molar-refractivity contribution in [1.29, 1.82) is 5.26 Å². The van der Waals surface area contributed by atoms with Crippen LogP contribution in [0.5, 0.6) is 0 Å². The van der Waals surface area contributed by atoms with E-state index in [4.69, 9.17) is 16.3 Å². The second kappa shape index (κ2) is 6.45. The van der Waals surface area contributed by atoms with Crippen LogP contribution in [0.15, 0.2) is 28.7 Å². The van der Waals surface area contributed by atoms with Crippen molar-refractivity contribution < 1.29 is 4.74 Å². The summed E-state index contributed by atoms with van der Waals surface area (Å²) in [6.45, 7) is 4.95. The van der Waals surface area contributed by atoms with Crippen molar-refractivity contribution in [3.63, 3.8) is 0 Å². The molecule has 0 aliphatic rings. The van der Waals surface area contributed by atoms with Crippen LogP contribution in [0, 0.1) is 18.3 Å². The molecule has 0 aliphatic carbocycles. The maximum atomic E-state index is 9.42. The maximum absolute atomic E-state index is 9.42. The molecule has 0 bridgehead atoms. The fourth-order valence-electron chi connectivity index (χ4n) is 2.06. The van der Waals surface area contributed by atoms with Gasteiger partial charge in [0.15, 0.2) is 0 Å². The van der Waals surface area contributed by atoms with E-state index in [1.165, 1.54) is 0 Å². The number of hydrogen-bond donors (Lipinski definition) is 0. The highest BCUT2D eigenvalue weighted by atomic mass is 79.9. The van der Waals surface area contributed by atoms with E-state index in [0.29, 0.717) is 23.9 Å². The first-order valence-corrected chi connectivity index (χ1v) is 7.39. The van der Waals surface area contributed by atoms with E-state index in [0.717, 1.165) is 21.4 Å². The average Bonchev–Trinajstić information content (AvgIpc) is 2.69. The number of nitrogens with zero attached hydrogens (tertiary/aromatic N) is 2. The van der Waals surface area contributed by atoms with Gasteiger partial charge in [-0.25, -0.2) is 0 Å². The van der Waals surface area contributed by atoms with Crippen molar-refractivity contribution >= 4 is 27.5 Å². The Morgan fingerprint density at radius 3 is 2.55 bits per heavy atom. The number of nitriles is 1. The molecule has 2 aromatic rings. The molecule has 104 valence electrons. The summed E-state index contributed by atoms with van der Waals surface area (Å²) < 4.78 is 8.31. The zero-order valence-electron chi connectivity index (χ0n) is 11.3. The molecular weight excluding hydrogens is 340 g/mol. The second-order valence-corrected chi connectivity index (χ2v) is 5.52. The van der Waals surface area contributed by atoms with Crippen LogP contribution in [-0.2, 0) is 11.5 Å². The number of rotatable bonds is 4. The molecule has 0 fully saturated rings. The largest absolute Gasteiger partial charge is 0.361 e. The number of hydrogen-bond acceptors (Lipinski definition) is 2. The van der Waals surface area contributed by atoms with E-state index in [1.807, 2.05) is 42.7 Å². The number of ether oxygens (including phenoxy) is 1. The van der Waals surface area contributed by atoms with Crippen LogP contribution in [0.1, 0.15) is 18.2 Å². The van der Waals surface area contributed by atoms with Gasteiger partial charge in [0.25, 0.3) is 0 Å². The van der Waals surface area contributed by atoms with Gasteiger partial charge < -0.3 is 9.30 Å². The monoisotopic (exact) mass is 352 g/mol. The lowest BCUT2D eigenvalue weighted by Gasteiger charge is -2.12. The van der Waals surface area contributed by atoms with Gasteiger partial charge in [0.2, 0.25) is 0 Å². The number of aromatic nitrogens is 1. The first-order valence-electron chi connectivity index (χ1n) is 6.22. The van der Waals surface area contributed by atoms with Gasteiger partial charge in [-0.05, 0) is 47.5 Å². The Bertz CT molecular complexity index is 656.